The Hall–Kier alpha value is -3.56. The number of rotatable bonds is 8. The van der Waals surface area contributed by atoms with E-state index in [9.17, 15) is 37.3 Å². The van der Waals surface area contributed by atoms with Crippen molar-refractivity contribution >= 4 is 17.4 Å². The van der Waals surface area contributed by atoms with E-state index in [0.717, 1.165) is 43.9 Å². The first-order valence-corrected chi connectivity index (χ1v) is 13.5. The third-order valence-electron chi connectivity index (χ3n) is 5.95. The van der Waals surface area contributed by atoms with Crippen molar-refractivity contribution in [2.24, 2.45) is 5.41 Å². The normalized spacial score (nSPS) is 14.2. The zero-order valence-corrected chi connectivity index (χ0v) is 25.9. The van der Waals surface area contributed by atoms with Crippen molar-refractivity contribution in [1.29, 1.82) is 0 Å². The number of ketones is 1. The first kappa shape index (κ1) is 40.6. The van der Waals surface area contributed by atoms with Gasteiger partial charge in [-0.1, -0.05) is 44.1 Å². The molecule has 0 bridgehead atoms. The minimum absolute atomic E-state index is 0.144. The van der Waals surface area contributed by atoms with E-state index in [4.69, 9.17) is 4.74 Å². The summed E-state index contributed by atoms with van der Waals surface area (Å²) in [5.41, 5.74) is 0.506. The molecule has 0 radical (unpaired) electrons. The number of ether oxygens (including phenoxy) is 1. The van der Waals surface area contributed by atoms with E-state index in [0.29, 0.717) is 29.5 Å². The smallest absolute Gasteiger partial charge is 0.412 e. The summed E-state index contributed by atoms with van der Waals surface area (Å²) in [6.07, 6.45) is 2.66. The Morgan fingerprint density at radius 2 is 1.60 bits per heavy atom. The van der Waals surface area contributed by atoms with Crippen molar-refractivity contribution in [3.63, 3.8) is 0 Å². The lowest BCUT2D eigenvalue weighted by molar-refractivity contribution is -0.385. The van der Waals surface area contributed by atoms with Crippen LogP contribution < -0.4 is 0 Å². The number of esters is 1. The molecular weight excluding hydrogens is 554 g/mol. The number of nitro benzene ring substituents is 1. The summed E-state index contributed by atoms with van der Waals surface area (Å²) in [6, 6.07) is 2.41. The Balaban J connectivity index is 0. The first-order valence-electron chi connectivity index (χ1n) is 13.5. The largest absolute Gasteiger partial charge is 0.461 e. The molecule has 0 spiro atoms. The second kappa shape index (κ2) is 19.5. The van der Waals surface area contributed by atoms with Crippen molar-refractivity contribution in [1.82, 2.24) is 0 Å². The van der Waals surface area contributed by atoms with E-state index in [2.05, 4.69) is 19.7 Å². The van der Waals surface area contributed by atoms with Gasteiger partial charge in [0.1, 0.15) is 18.2 Å². The van der Waals surface area contributed by atoms with E-state index in [1.165, 1.54) is 19.9 Å². The van der Waals surface area contributed by atoms with Crippen LogP contribution in [-0.4, -0.2) is 29.5 Å². The Kier molecular flexibility index (Phi) is 18.9. The van der Waals surface area contributed by atoms with Crippen LogP contribution in [0.1, 0.15) is 84.8 Å². The van der Waals surface area contributed by atoms with Crippen molar-refractivity contribution in [2.45, 2.75) is 93.2 Å². The molecule has 1 saturated carbocycles. The number of hydrogen-bond donors (Lipinski definition) is 0. The second-order valence-corrected chi connectivity index (χ2v) is 10.3. The lowest BCUT2D eigenvalue weighted by atomic mass is 9.79. The summed E-state index contributed by atoms with van der Waals surface area (Å²) in [5.74, 6) is -0.796. The summed E-state index contributed by atoms with van der Waals surface area (Å²) in [4.78, 5) is 32.7. The molecule has 0 aliphatic heterocycles. The minimum atomic E-state index is -4.19. The maximum Gasteiger partial charge on any atom is 0.412 e. The van der Waals surface area contributed by atoms with E-state index in [1.807, 2.05) is 6.92 Å². The fraction of sp³-hybridized carbons (Fsp3) is 0.500. The molecule has 1 aromatic rings. The molecule has 0 heterocycles. The Labute approximate surface area is 247 Å². The third-order valence-corrected chi connectivity index (χ3v) is 5.95. The topological polar surface area (TPSA) is 86.5 Å². The average Bonchev–Trinajstić information content (AvgIpc) is 3.35. The molecule has 0 N–H and O–H groups in total. The molecular formula is C32H45F4NO5. The van der Waals surface area contributed by atoms with E-state index in [1.54, 1.807) is 26.8 Å². The molecule has 236 valence electrons. The van der Waals surface area contributed by atoms with Gasteiger partial charge in [0.2, 0.25) is 0 Å². The van der Waals surface area contributed by atoms with Crippen molar-refractivity contribution < 1.29 is 36.8 Å². The van der Waals surface area contributed by atoms with Crippen LogP contribution in [0, 0.1) is 28.3 Å². The lowest BCUT2D eigenvalue weighted by Gasteiger charge is -2.27. The SMILES string of the molecule is C=C.C=C(C)COC(=O)C1(Cc2cc(C)c(F)cc2[N+](=O)[O-])CCCC1.CC(C)=O.CCC=C(C)/C=C(\C)C(F)(F)F. The van der Waals surface area contributed by atoms with Crippen LogP contribution in [0.25, 0.3) is 0 Å². The first-order chi connectivity index (χ1) is 19.4. The van der Waals surface area contributed by atoms with Gasteiger partial charge in [0.05, 0.1) is 16.4 Å². The molecule has 1 aliphatic rings. The van der Waals surface area contributed by atoms with Gasteiger partial charge in [0.25, 0.3) is 5.69 Å². The summed E-state index contributed by atoms with van der Waals surface area (Å²) < 4.78 is 54.9. The van der Waals surface area contributed by atoms with Gasteiger partial charge in [-0.15, -0.1) is 13.2 Å². The molecule has 0 atom stereocenters. The molecule has 0 unspecified atom stereocenters. The van der Waals surface area contributed by atoms with Crippen LogP contribution in [0.5, 0.6) is 0 Å². The van der Waals surface area contributed by atoms with Crippen molar-refractivity contribution in [3.8, 4) is 0 Å². The Morgan fingerprint density at radius 1 is 1.10 bits per heavy atom. The quantitative estimate of drug-likeness (QED) is 0.0742. The van der Waals surface area contributed by atoms with Crippen molar-refractivity contribution in [3.05, 3.63) is 87.8 Å². The third kappa shape index (κ3) is 15.4. The average molecular weight is 600 g/mol. The lowest BCUT2D eigenvalue weighted by Crippen LogP contribution is -2.33. The fourth-order valence-corrected chi connectivity index (χ4v) is 4.06. The summed E-state index contributed by atoms with van der Waals surface area (Å²) in [7, 11) is 0. The number of nitrogens with zero attached hydrogens (tertiary/aromatic N) is 1. The zero-order chi connectivity index (χ0) is 33.3. The van der Waals surface area contributed by atoms with Gasteiger partial charge in [-0.2, -0.15) is 13.2 Å². The number of carbonyl (C=O) groups excluding carboxylic acids is 2. The molecule has 2 rings (SSSR count). The molecule has 0 amide bonds. The van der Waals surface area contributed by atoms with Gasteiger partial charge < -0.3 is 9.53 Å². The highest BCUT2D eigenvalue weighted by molar-refractivity contribution is 5.78. The standard InChI is InChI=1S/C18H22FNO4.C9H13F3.C3H6O.C2H4/c1-12(2)11-24-17(21)18(6-4-5-7-18)10-14-8-13(3)15(19)9-16(14)20(22)23;1-4-5-7(2)6-8(3)9(10,11)12;1-3(2)4;1-2/h8-9H,1,4-7,10-11H2,2-3H3;5-6H,4H2,1-3H3;1-2H3;1-2H2/b;7-5?,8-6+;;. The number of aryl methyl sites for hydroxylation is 1. The molecule has 0 aromatic heterocycles. The van der Waals surface area contributed by atoms with Gasteiger partial charge in [-0.3, -0.25) is 14.9 Å². The number of nitro groups is 1. The Bertz CT molecular complexity index is 1130. The zero-order valence-electron chi connectivity index (χ0n) is 25.9. The monoisotopic (exact) mass is 599 g/mol. The number of halogens is 4. The number of Topliss-reactive ketones (excluding diaryl/α,β-unsaturated/α-hetero) is 1. The molecule has 42 heavy (non-hydrogen) atoms. The van der Waals surface area contributed by atoms with Crippen LogP contribution in [0.15, 0.2) is 60.7 Å². The van der Waals surface area contributed by atoms with Crippen LogP contribution in [-0.2, 0) is 20.7 Å². The molecule has 0 saturated heterocycles. The predicted molar refractivity (Wildman–Crippen MR) is 160 cm³/mol. The fourth-order valence-electron chi connectivity index (χ4n) is 4.06. The van der Waals surface area contributed by atoms with Gasteiger partial charge in [-0.25, -0.2) is 4.39 Å². The van der Waals surface area contributed by atoms with Crippen LogP contribution >= 0.6 is 0 Å². The van der Waals surface area contributed by atoms with E-state index in [-0.39, 0.29) is 30.5 Å². The Morgan fingerprint density at radius 3 is 2.00 bits per heavy atom. The summed E-state index contributed by atoms with van der Waals surface area (Å²) >= 11 is 0. The number of carbonyl (C=O) groups is 2. The molecule has 10 heteroatoms. The number of alkyl halides is 3. The minimum Gasteiger partial charge on any atom is -0.461 e. The molecule has 1 aromatic carbocycles. The summed E-state index contributed by atoms with van der Waals surface area (Å²) in [6.45, 7) is 20.9. The van der Waals surface area contributed by atoms with Crippen LogP contribution in [0.2, 0.25) is 0 Å². The molecule has 6 nitrogen and oxygen atoms in total. The van der Waals surface area contributed by atoms with E-state index < -0.39 is 27.9 Å². The molecule has 1 aliphatic carbocycles. The van der Waals surface area contributed by atoms with Gasteiger partial charge in [-0.05, 0) is 84.4 Å². The van der Waals surface area contributed by atoms with Gasteiger partial charge >= 0.3 is 12.1 Å². The molecule has 1 fully saturated rings. The van der Waals surface area contributed by atoms with E-state index >= 15 is 0 Å². The maximum atomic E-state index is 13.7. The maximum absolute atomic E-state index is 13.7. The highest BCUT2D eigenvalue weighted by Crippen LogP contribution is 2.44. The summed E-state index contributed by atoms with van der Waals surface area (Å²) in [5, 5.41) is 11.3. The highest BCUT2D eigenvalue weighted by Gasteiger charge is 2.44. The predicted octanol–water partition coefficient (Wildman–Crippen LogP) is 9.51. The second-order valence-electron chi connectivity index (χ2n) is 10.3. The van der Waals surface area contributed by atoms with Crippen LogP contribution in [0.4, 0.5) is 23.2 Å². The van der Waals surface area contributed by atoms with Gasteiger partial charge in [0.15, 0.2) is 0 Å². The van der Waals surface area contributed by atoms with Crippen molar-refractivity contribution in [2.75, 3.05) is 6.61 Å². The number of hydrogen-bond acceptors (Lipinski definition) is 5. The highest BCUT2D eigenvalue weighted by atomic mass is 19.4. The number of allylic oxidation sites excluding steroid dienone is 4. The van der Waals surface area contributed by atoms with Gasteiger partial charge in [0, 0.05) is 11.1 Å². The van der Waals surface area contributed by atoms with Crippen LogP contribution in [0.3, 0.4) is 0 Å². The number of benzene rings is 1.